The summed E-state index contributed by atoms with van der Waals surface area (Å²) in [4.78, 5) is 2.54. The second-order valence-electron chi connectivity index (χ2n) is 5.11. The number of likely N-dealkylation sites (tertiary alicyclic amines) is 1. The smallest absolute Gasteiger partial charge is 0.0624 e. The summed E-state index contributed by atoms with van der Waals surface area (Å²) in [5.41, 5.74) is 6.43. The molecular weight excluding hydrogens is 176 g/mol. The summed E-state index contributed by atoms with van der Waals surface area (Å²) in [6.07, 6.45) is 2.43. The van der Waals surface area contributed by atoms with Crippen molar-refractivity contribution in [3.63, 3.8) is 0 Å². The number of rotatable bonds is 1. The maximum absolute atomic E-state index is 6.12. The third kappa shape index (κ3) is 1.69. The van der Waals surface area contributed by atoms with E-state index in [4.69, 9.17) is 10.5 Å². The molecule has 2 saturated heterocycles. The van der Waals surface area contributed by atoms with E-state index in [2.05, 4.69) is 18.7 Å². The van der Waals surface area contributed by atoms with Crippen LogP contribution in [0.4, 0.5) is 0 Å². The standard InChI is InChI=1S/C11H22N2O/c1-9(2)13-5-3-11(4-6-13)8-14-7-10(11)12/h9-10H,3-8,12H2,1-2H3/t10-/m1/s1. The van der Waals surface area contributed by atoms with Crippen molar-refractivity contribution >= 4 is 0 Å². The molecule has 3 heteroatoms. The van der Waals surface area contributed by atoms with E-state index in [-0.39, 0.29) is 6.04 Å². The first kappa shape index (κ1) is 10.4. The Morgan fingerprint density at radius 1 is 1.36 bits per heavy atom. The van der Waals surface area contributed by atoms with E-state index in [0.29, 0.717) is 11.5 Å². The van der Waals surface area contributed by atoms with Gasteiger partial charge >= 0.3 is 0 Å². The summed E-state index contributed by atoms with van der Waals surface area (Å²) < 4.78 is 5.50. The molecule has 1 atom stereocenters. The average molecular weight is 198 g/mol. The number of hydrogen-bond donors (Lipinski definition) is 1. The summed E-state index contributed by atoms with van der Waals surface area (Å²) in [5, 5.41) is 0. The predicted octanol–water partition coefficient (Wildman–Crippen LogP) is 0.835. The lowest BCUT2D eigenvalue weighted by Crippen LogP contribution is -2.50. The third-order valence-corrected chi connectivity index (χ3v) is 4.00. The van der Waals surface area contributed by atoms with E-state index in [1.165, 1.54) is 25.9 Å². The van der Waals surface area contributed by atoms with Crippen LogP contribution in [0, 0.1) is 5.41 Å². The Morgan fingerprint density at radius 3 is 2.43 bits per heavy atom. The molecule has 14 heavy (non-hydrogen) atoms. The molecule has 2 fully saturated rings. The predicted molar refractivity (Wildman–Crippen MR) is 57.2 cm³/mol. The SMILES string of the molecule is CC(C)N1CCC2(CC1)COC[C@H]2N. The minimum atomic E-state index is 0.275. The Balaban J connectivity index is 1.94. The van der Waals surface area contributed by atoms with Gasteiger partial charge in [0.15, 0.2) is 0 Å². The maximum Gasteiger partial charge on any atom is 0.0624 e. The molecule has 0 saturated carbocycles. The lowest BCUT2D eigenvalue weighted by atomic mass is 9.75. The van der Waals surface area contributed by atoms with Crippen molar-refractivity contribution in [1.29, 1.82) is 0 Å². The molecule has 2 aliphatic heterocycles. The van der Waals surface area contributed by atoms with E-state index >= 15 is 0 Å². The van der Waals surface area contributed by atoms with Crippen LogP contribution in [0.2, 0.25) is 0 Å². The monoisotopic (exact) mass is 198 g/mol. The number of hydrogen-bond acceptors (Lipinski definition) is 3. The van der Waals surface area contributed by atoms with Gasteiger partial charge in [0.05, 0.1) is 13.2 Å². The van der Waals surface area contributed by atoms with Crippen molar-refractivity contribution in [2.24, 2.45) is 11.1 Å². The molecule has 1 spiro atoms. The van der Waals surface area contributed by atoms with Gasteiger partial charge in [0.2, 0.25) is 0 Å². The fraction of sp³-hybridized carbons (Fsp3) is 1.00. The molecule has 0 radical (unpaired) electrons. The molecule has 0 aliphatic carbocycles. The van der Waals surface area contributed by atoms with E-state index in [9.17, 15) is 0 Å². The molecule has 3 nitrogen and oxygen atoms in total. The molecule has 2 heterocycles. The fourth-order valence-corrected chi connectivity index (χ4v) is 2.67. The molecule has 2 rings (SSSR count). The van der Waals surface area contributed by atoms with E-state index in [0.717, 1.165) is 13.2 Å². The maximum atomic E-state index is 6.12. The number of piperidine rings is 1. The topological polar surface area (TPSA) is 38.5 Å². The minimum Gasteiger partial charge on any atom is -0.379 e. The lowest BCUT2D eigenvalue weighted by Gasteiger charge is -2.42. The van der Waals surface area contributed by atoms with Crippen LogP contribution in [0.15, 0.2) is 0 Å². The van der Waals surface area contributed by atoms with Gasteiger partial charge in [-0.2, -0.15) is 0 Å². The van der Waals surface area contributed by atoms with Crippen molar-refractivity contribution in [2.45, 2.75) is 38.8 Å². The third-order valence-electron chi connectivity index (χ3n) is 4.00. The fourth-order valence-electron chi connectivity index (χ4n) is 2.67. The lowest BCUT2D eigenvalue weighted by molar-refractivity contribution is 0.0615. The zero-order valence-electron chi connectivity index (χ0n) is 9.33. The first-order valence-electron chi connectivity index (χ1n) is 5.71. The van der Waals surface area contributed by atoms with Gasteiger partial charge in [-0.05, 0) is 39.8 Å². The van der Waals surface area contributed by atoms with Crippen molar-refractivity contribution in [3.05, 3.63) is 0 Å². The van der Waals surface area contributed by atoms with Crippen molar-refractivity contribution in [2.75, 3.05) is 26.3 Å². The van der Waals surface area contributed by atoms with Gasteiger partial charge in [-0.3, -0.25) is 0 Å². The van der Waals surface area contributed by atoms with Gasteiger partial charge in [-0.25, -0.2) is 0 Å². The Hall–Kier alpha value is -0.120. The number of ether oxygens (including phenoxy) is 1. The molecule has 2 aliphatic rings. The van der Waals surface area contributed by atoms with Gasteiger partial charge in [-0.15, -0.1) is 0 Å². The molecular formula is C11H22N2O. The van der Waals surface area contributed by atoms with Crippen molar-refractivity contribution < 1.29 is 4.74 Å². The molecule has 0 bridgehead atoms. The van der Waals surface area contributed by atoms with Crippen molar-refractivity contribution in [1.82, 2.24) is 4.90 Å². The van der Waals surface area contributed by atoms with Crippen LogP contribution in [-0.4, -0.2) is 43.3 Å². The Morgan fingerprint density at radius 2 is 2.00 bits per heavy atom. The van der Waals surface area contributed by atoms with Crippen LogP contribution < -0.4 is 5.73 Å². The highest BCUT2D eigenvalue weighted by atomic mass is 16.5. The Kier molecular flexibility index (Phi) is 2.82. The van der Waals surface area contributed by atoms with Gasteiger partial charge in [0.25, 0.3) is 0 Å². The molecule has 82 valence electrons. The minimum absolute atomic E-state index is 0.275. The van der Waals surface area contributed by atoms with E-state index in [1.54, 1.807) is 0 Å². The van der Waals surface area contributed by atoms with Crippen LogP contribution in [0.1, 0.15) is 26.7 Å². The van der Waals surface area contributed by atoms with Crippen LogP contribution in [0.3, 0.4) is 0 Å². The van der Waals surface area contributed by atoms with E-state index < -0.39 is 0 Å². The van der Waals surface area contributed by atoms with Gasteiger partial charge in [-0.1, -0.05) is 0 Å². The average Bonchev–Trinajstić information content (AvgIpc) is 2.49. The van der Waals surface area contributed by atoms with Crippen LogP contribution >= 0.6 is 0 Å². The zero-order chi connectivity index (χ0) is 10.2. The molecule has 0 amide bonds. The first-order valence-corrected chi connectivity index (χ1v) is 5.71. The van der Waals surface area contributed by atoms with E-state index in [1.807, 2.05) is 0 Å². The molecule has 0 aromatic rings. The zero-order valence-corrected chi connectivity index (χ0v) is 9.33. The molecule has 0 aromatic heterocycles. The summed E-state index contributed by atoms with van der Waals surface area (Å²) >= 11 is 0. The highest BCUT2D eigenvalue weighted by molar-refractivity contribution is 4.97. The summed E-state index contributed by atoms with van der Waals surface area (Å²) in [6.45, 7) is 8.57. The van der Waals surface area contributed by atoms with Crippen molar-refractivity contribution in [3.8, 4) is 0 Å². The van der Waals surface area contributed by atoms with Crippen LogP contribution in [0.25, 0.3) is 0 Å². The first-order chi connectivity index (χ1) is 6.64. The normalized spacial score (nSPS) is 33.0. The van der Waals surface area contributed by atoms with Crippen LogP contribution in [-0.2, 0) is 4.74 Å². The van der Waals surface area contributed by atoms with Gasteiger partial charge in [0, 0.05) is 17.5 Å². The van der Waals surface area contributed by atoms with Gasteiger partial charge < -0.3 is 15.4 Å². The van der Waals surface area contributed by atoms with Crippen LogP contribution in [0.5, 0.6) is 0 Å². The highest BCUT2D eigenvalue weighted by Gasteiger charge is 2.44. The second kappa shape index (κ2) is 3.80. The van der Waals surface area contributed by atoms with Gasteiger partial charge in [0.1, 0.15) is 0 Å². The molecule has 2 N–H and O–H groups in total. The second-order valence-corrected chi connectivity index (χ2v) is 5.11. The quantitative estimate of drug-likeness (QED) is 0.678. The molecule has 0 unspecified atom stereocenters. The number of nitrogens with two attached hydrogens (primary N) is 1. The largest absolute Gasteiger partial charge is 0.379 e. The molecule has 0 aromatic carbocycles. The summed E-state index contributed by atoms with van der Waals surface area (Å²) in [6, 6.07) is 0.947. The number of nitrogens with zero attached hydrogens (tertiary/aromatic N) is 1. The summed E-state index contributed by atoms with van der Waals surface area (Å²) in [7, 11) is 0. The Labute approximate surface area is 86.6 Å². The Bertz CT molecular complexity index is 197. The highest BCUT2D eigenvalue weighted by Crippen LogP contribution is 2.38. The summed E-state index contributed by atoms with van der Waals surface area (Å²) in [5.74, 6) is 0.